The van der Waals surface area contributed by atoms with Crippen LogP contribution >= 0.6 is 0 Å². The molecule has 0 aliphatic carbocycles. The molecule has 2 aromatic rings. The minimum atomic E-state index is -0.0512. The highest BCUT2D eigenvalue weighted by molar-refractivity contribution is 5.95. The van der Waals surface area contributed by atoms with E-state index in [0.717, 1.165) is 17.7 Å². The molecule has 0 bridgehead atoms. The van der Waals surface area contributed by atoms with E-state index in [9.17, 15) is 4.79 Å². The van der Waals surface area contributed by atoms with Gasteiger partial charge >= 0.3 is 0 Å². The predicted octanol–water partition coefficient (Wildman–Crippen LogP) is 2.71. The van der Waals surface area contributed by atoms with Crippen molar-refractivity contribution in [3.05, 3.63) is 54.0 Å². The summed E-state index contributed by atoms with van der Waals surface area (Å²) >= 11 is 0. The monoisotopic (exact) mass is 272 g/mol. The molecule has 1 aromatic heterocycles. The molecule has 0 aliphatic rings. The van der Waals surface area contributed by atoms with Gasteiger partial charge in [0.1, 0.15) is 0 Å². The largest absolute Gasteiger partial charge is 0.472 e. The van der Waals surface area contributed by atoms with E-state index in [-0.39, 0.29) is 11.9 Å². The Hall–Kier alpha value is -2.23. The molecule has 1 atom stereocenters. The first-order valence-electron chi connectivity index (χ1n) is 6.65. The number of carbonyl (C=O) groups is 1. The van der Waals surface area contributed by atoms with Crippen LogP contribution in [0.4, 0.5) is 5.69 Å². The molecule has 1 N–H and O–H groups in total. The summed E-state index contributed by atoms with van der Waals surface area (Å²) in [5, 5.41) is 3.00. The number of amides is 1. The van der Waals surface area contributed by atoms with E-state index in [1.165, 1.54) is 0 Å². The number of carbonyl (C=O) groups excluding carboxylic acids is 1. The third kappa shape index (κ3) is 3.63. The van der Waals surface area contributed by atoms with E-state index in [1.807, 2.05) is 56.3 Å². The first-order chi connectivity index (χ1) is 9.56. The molecule has 0 spiro atoms. The maximum atomic E-state index is 12.2. The minimum absolute atomic E-state index is 0.0512. The van der Waals surface area contributed by atoms with Crippen LogP contribution in [0.15, 0.2) is 47.3 Å². The van der Waals surface area contributed by atoms with Crippen molar-refractivity contribution in [2.75, 3.05) is 19.0 Å². The molecule has 106 valence electrons. The molecular weight excluding hydrogens is 252 g/mol. The zero-order valence-electron chi connectivity index (χ0n) is 12.1. The van der Waals surface area contributed by atoms with Gasteiger partial charge in [-0.05, 0) is 43.2 Å². The van der Waals surface area contributed by atoms with E-state index < -0.39 is 0 Å². The predicted molar refractivity (Wildman–Crippen MR) is 80.1 cm³/mol. The molecule has 0 saturated heterocycles. The first-order valence-corrected chi connectivity index (χ1v) is 6.65. The Morgan fingerprint density at radius 1 is 1.35 bits per heavy atom. The van der Waals surface area contributed by atoms with Gasteiger partial charge in [0, 0.05) is 31.4 Å². The number of anilines is 1. The second-order valence-corrected chi connectivity index (χ2v) is 5.15. The van der Waals surface area contributed by atoms with Gasteiger partial charge in [-0.2, -0.15) is 0 Å². The van der Waals surface area contributed by atoms with Crippen LogP contribution in [0, 0.1) is 0 Å². The lowest BCUT2D eigenvalue weighted by molar-refractivity contribution is 0.0940. The number of hydrogen-bond acceptors (Lipinski definition) is 3. The zero-order chi connectivity index (χ0) is 14.5. The van der Waals surface area contributed by atoms with Crippen LogP contribution in [0.2, 0.25) is 0 Å². The van der Waals surface area contributed by atoms with E-state index in [2.05, 4.69) is 5.32 Å². The summed E-state index contributed by atoms with van der Waals surface area (Å²) in [7, 11) is 3.91. The van der Waals surface area contributed by atoms with Gasteiger partial charge in [-0.15, -0.1) is 0 Å². The Morgan fingerprint density at radius 3 is 2.80 bits per heavy atom. The molecule has 4 nitrogen and oxygen atoms in total. The third-order valence-electron chi connectivity index (χ3n) is 3.12. The van der Waals surface area contributed by atoms with E-state index >= 15 is 0 Å². The van der Waals surface area contributed by atoms with Crippen LogP contribution < -0.4 is 10.2 Å². The maximum Gasteiger partial charge on any atom is 0.251 e. The van der Waals surface area contributed by atoms with Crippen molar-refractivity contribution >= 4 is 11.6 Å². The maximum absolute atomic E-state index is 12.2. The topological polar surface area (TPSA) is 45.5 Å². The van der Waals surface area contributed by atoms with Gasteiger partial charge < -0.3 is 14.6 Å². The van der Waals surface area contributed by atoms with Gasteiger partial charge in [0.2, 0.25) is 0 Å². The summed E-state index contributed by atoms with van der Waals surface area (Å²) in [5.41, 5.74) is 2.77. The van der Waals surface area contributed by atoms with Crippen molar-refractivity contribution in [1.29, 1.82) is 0 Å². The highest BCUT2D eigenvalue weighted by atomic mass is 16.3. The second kappa shape index (κ2) is 6.28. The smallest absolute Gasteiger partial charge is 0.251 e. The number of furan rings is 1. The van der Waals surface area contributed by atoms with Crippen molar-refractivity contribution in [3.63, 3.8) is 0 Å². The molecule has 2 rings (SSSR count). The van der Waals surface area contributed by atoms with Crippen molar-refractivity contribution in [2.24, 2.45) is 0 Å². The molecule has 0 aliphatic heterocycles. The molecule has 0 saturated carbocycles. The number of rotatable bonds is 5. The Balaban J connectivity index is 1.99. The summed E-state index contributed by atoms with van der Waals surface area (Å²) in [5.74, 6) is -0.0512. The van der Waals surface area contributed by atoms with Gasteiger partial charge in [-0.3, -0.25) is 4.79 Å². The lowest BCUT2D eigenvalue weighted by Crippen LogP contribution is -2.34. The standard InChI is InChI=1S/C16H20N2O2/c1-12(9-13-7-8-20-11-13)17-16(19)14-5-4-6-15(10-14)18(2)3/h4-8,10-12H,9H2,1-3H3,(H,17,19). The van der Waals surface area contributed by atoms with Crippen LogP contribution in [0.1, 0.15) is 22.8 Å². The lowest BCUT2D eigenvalue weighted by atomic mass is 10.1. The molecule has 1 aromatic carbocycles. The third-order valence-corrected chi connectivity index (χ3v) is 3.12. The first kappa shape index (κ1) is 14.2. The molecular formula is C16H20N2O2. The highest BCUT2D eigenvalue weighted by Gasteiger charge is 2.11. The molecule has 1 heterocycles. The molecule has 20 heavy (non-hydrogen) atoms. The normalized spacial score (nSPS) is 11.9. The van der Waals surface area contributed by atoms with Gasteiger partial charge in [0.05, 0.1) is 12.5 Å². The fourth-order valence-electron chi connectivity index (χ4n) is 2.05. The Morgan fingerprint density at radius 2 is 2.15 bits per heavy atom. The summed E-state index contributed by atoms with van der Waals surface area (Å²) in [6, 6.07) is 9.56. The van der Waals surface area contributed by atoms with E-state index in [1.54, 1.807) is 12.5 Å². The van der Waals surface area contributed by atoms with Crippen molar-refractivity contribution in [2.45, 2.75) is 19.4 Å². The number of hydrogen-bond donors (Lipinski definition) is 1. The van der Waals surface area contributed by atoms with Crippen LogP contribution in [-0.2, 0) is 6.42 Å². The van der Waals surface area contributed by atoms with E-state index in [0.29, 0.717) is 5.56 Å². The van der Waals surface area contributed by atoms with Gasteiger partial charge in [-0.1, -0.05) is 6.07 Å². The SMILES string of the molecule is CC(Cc1ccoc1)NC(=O)c1cccc(N(C)C)c1. The molecule has 4 heteroatoms. The van der Waals surface area contributed by atoms with Crippen LogP contribution in [0.3, 0.4) is 0 Å². The van der Waals surface area contributed by atoms with Crippen molar-refractivity contribution in [3.8, 4) is 0 Å². The van der Waals surface area contributed by atoms with Gasteiger partial charge in [-0.25, -0.2) is 0 Å². The van der Waals surface area contributed by atoms with Crippen LogP contribution in [-0.4, -0.2) is 26.0 Å². The molecule has 0 radical (unpaired) electrons. The Kier molecular flexibility index (Phi) is 4.45. The van der Waals surface area contributed by atoms with Gasteiger partial charge in [0.15, 0.2) is 0 Å². The fourth-order valence-corrected chi connectivity index (χ4v) is 2.05. The quantitative estimate of drug-likeness (QED) is 0.910. The number of nitrogens with one attached hydrogen (secondary N) is 1. The summed E-state index contributed by atoms with van der Waals surface area (Å²) in [6.07, 6.45) is 4.11. The second-order valence-electron chi connectivity index (χ2n) is 5.15. The Bertz CT molecular complexity index is 562. The van der Waals surface area contributed by atoms with Crippen LogP contribution in [0.5, 0.6) is 0 Å². The summed E-state index contributed by atoms with van der Waals surface area (Å²) in [4.78, 5) is 14.2. The molecule has 0 fully saturated rings. The van der Waals surface area contributed by atoms with Crippen LogP contribution in [0.25, 0.3) is 0 Å². The van der Waals surface area contributed by atoms with E-state index in [4.69, 9.17) is 4.42 Å². The average molecular weight is 272 g/mol. The number of nitrogens with zero attached hydrogens (tertiary/aromatic N) is 1. The zero-order valence-corrected chi connectivity index (χ0v) is 12.1. The fraction of sp³-hybridized carbons (Fsp3) is 0.312. The van der Waals surface area contributed by atoms with Crippen molar-refractivity contribution < 1.29 is 9.21 Å². The van der Waals surface area contributed by atoms with Crippen molar-refractivity contribution in [1.82, 2.24) is 5.32 Å². The Labute approximate surface area is 119 Å². The summed E-state index contributed by atoms with van der Waals surface area (Å²) in [6.45, 7) is 1.99. The van der Waals surface area contributed by atoms with Gasteiger partial charge in [0.25, 0.3) is 5.91 Å². The molecule has 1 amide bonds. The molecule has 1 unspecified atom stereocenters. The summed E-state index contributed by atoms with van der Waals surface area (Å²) < 4.78 is 5.03. The highest BCUT2D eigenvalue weighted by Crippen LogP contribution is 2.13. The average Bonchev–Trinajstić information content (AvgIpc) is 2.91. The minimum Gasteiger partial charge on any atom is -0.472 e. The lowest BCUT2D eigenvalue weighted by Gasteiger charge is -2.15. The number of benzene rings is 1.